The summed E-state index contributed by atoms with van der Waals surface area (Å²) in [6, 6.07) is 8.41. The molecule has 0 bridgehead atoms. The Balaban J connectivity index is 1.15. The first kappa shape index (κ1) is 23.1. The van der Waals surface area contributed by atoms with Gasteiger partial charge in [0.15, 0.2) is 5.78 Å². The summed E-state index contributed by atoms with van der Waals surface area (Å²) in [6.45, 7) is 10.4. The molecule has 3 saturated heterocycles. The first-order chi connectivity index (χ1) is 15.6. The van der Waals surface area contributed by atoms with Crippen molar-refractivity contribution in [2.75, 3.05) is 65.5 Å². The van der Waals surface area contributed by atoms with Gasteiger partial charge in [0, 0.05) is 57.4 Å². The highest BCUT2D eigenvalue weighted by Crippen LogP contribution is 2.18. The second kappa shape index (κ2) is 11.1. The third-order valence-electron chi connectivity index (χ3n) is 7.11. The van der Waals surface area contributed by atoms with Crippen LogP contribution in [0.4, 0.5) is 4.79 Å². The Kier molecular flexibility index (Phi) is 8.03. The summed E-state index contributed by atoms with van der Waals surface area (Å²) in [5.74, 6) is 0.948. The van der Waals surface area contributed by atoms with Crippen LogP contribution in [-0.2, 0) is 0 Å². The highest BCUT2D eigenvalue weighted by molar-refractivity contribution is 5.97. The zero-order chi connectivity index (χ0) is 22.3. The molecule has 3 aliphatic rings. The minimum Gasteiger partial charge on any atom is -0.494 e. The second-order valence-electron chi connectivity index (χ2n) is 9.42. The van der Waals surface area contributed by atoms with Crippen LogP contribution in [0, 0.1) is 0 Å². The number of hydrogen-bond donors (Lipinski definition) is 0. The van der Waals surface area contributed by atoms with Crippen LogP contribution in [-0.4, -0.2) is 103 Å². The second-order valence-corrected chi connectivity index (χ2v) is 9.42. The van der Waals surface area contributed by atoms with Gasteiger partial charge in [0.05, 0.1) is 13.2 Å². The SMILES string of the molecule is C[C@@H]1CCCN1CCCOc1ccc(C(=O)CN2CCN(C(=O)N3CCCC3)CC2)cc1. The standard InChI is InChI=1S/C25H38N4O3/c1-21-6-4-13-27(21)14-5-19-32-23-9-7-22(8-10-23)24(30)20-26-15-17-29(18-16-26)25(31)28-11-2-3-12-28/h7-10,21H,2-6,11-20H2,1H3/t21-/m1/s1. The number of amides is 2. The molecule has 0 spiro atoms. The summed E-state index contributed by atoms with van der Waals surface area (Å²) < 4.78 is 5.87. The molecule has 1 aromatic carbocycles. The van der Waals surface area contributed by atoms with Gasteiger partial charge in [0.25, 0.3) is 0 Å². The van der Waals surface area contributed by atoms with Gasteiger partial charge in [-0.2, -0.15) is 0 Å². The number of ether oxygens (including phenoxy) is 1. The minimum atomic E-state index is 0.124. The molecule has 0 radical (unpaired) electrons. The molecular formula is C25H38N4O3. The zero-order valence-corrected chi connectivity index (χ0v) is 19.5. The maximum Gasteiger partial charge on any atom is 0.320 e. The Hall–Kier alpha value is -2.12. The summed E-state index contributed by atoms with van der Waals surface area (Å²) in [6.07, 6.45) is 5.87. The number of benzene rings is 1. The molecule has 1 aromatic rings. The van der Waals surface area contributed by atoms with Crippen LogP contribution in [0.2, 0.25) is 0 Å². The van der Waals surface area contributed by atoms with E-state index < -0.39 is 0 Å². The van der Waals surface area contributed by atoms with Gasteiger partial charge in [-0.3, -0.25) is 9.69 Å². The highest BCUT2D eigenvalue weighted by Gasteiger charge is 2.27. The largest absolute Gasteiger partial charge is 0.494 e. The summed E-state index contributed by atoms with van der Waals surface area (Å²) >= 11 is 0. The van der Waals surface area contributed by atoms with E-state index in [1.54, 1.807) is 0 Å². The van der Waals surface area contributed by atoms with Crippen molar-refractivity contribution in [2.45, 2.75) is 45.1 Å². The minimum absolute atomic E-state index is 0.124. The normalized spacial score (nSPS) is 22.5. The molecule has 0 saturated carbocycles. The van der Waals surface area contributed by atoms with Gasteiger partial charge >= 0.3 is 6.03 Å². The van der Waals surface area contributed by atoms with Crippen molar-refractivity contribution in [3.05, 3.63) is 29.8 Å². The molecule has 2 amide bonds. The summed E-state index contributed by atoms with van der Waals surface area (Å²) in [5.41, 5.74) is 0.721. The number of piperazine rings is 1. The van der Waals surface area contributed by atoms with Gasteiger partial charge in [-0.25, -0.2) is 4.79 Å². The zero-order valence-electron chi connectivity index (χ0n) is 19.5. The number of hydrogen-bond acceptors (Lipinski definition) is 5. The maximum atomic E-state index is 12.7. The lowest BCUT2D eigenvalue weighted by molar-refractivity contribution is 0.0857. The molecule has 7 heteroatoms. The lowest BCUT2D eigenvalue weighted by Crippen LogP contribution is -2.53. The fraction of sp³-hybridized carbons (Fsp3) is 0.680. The van der Waals surface area contributed by atoms with Crippen LogP contribution in [0.25, 0.3) is 0 Å². The van der Waals surface area contributed by atoms with E-state index in [1.807, 2.05) is 34.1 Å². The fourth-order valence-electron chi connectivity index (χ4n) is 5.02. The smallest absolute Gasteiger partial charge is 0.320 e. The summed E-state index contributed by atoms with van der Waals surface area (Å²) in [7, 11) is 0. The fourth-order valence-corrected chi connectivity index (χ4v) is 5.02. The number of urea groups is 1. The van der Waals surface area contributed by atoms with E-state index in [0.717, 1.165) is 63.3 Å². The molecule has 3 heterocycles. The Morgan fingerprint density at radius 3 is 2.25 bits per heavy atom. The van der Waals surface area contributed by atoms with E-state index in [0.29, 0.717) is 32.3 Å². The topological polar surface area (TPSA) is 56.3 Å². The number of carbonyl (C=O) groups excluding carboxylic acids is 2. The van der Waals surface area contributed by atoms with Crippen molar-refractivity contribution < 1.29 is 14.3 Å². The van der Waals surface area contributed by atoms with Gasteiger partial charge in [-0.15, -0.1) is 0 Å². The number of ketones is 1. The molecule has 1 atom stereocenters. The molecule has 7 nitrogen and oxygen atoms in total. The Bertz CT molecular complexity index is 755. The van der Waals surface area contributed by atoms with Gasteiger partial charge < -0.3 is 19.4 Å². The van der Waals surface area contributed by atoms with Crippen molar-refractivity contribution in [3.8, 4) is 5.75 Å². The molecule has 0 unspecified atom stereocenters. The average molecular weight is 443 g/mol. The van der Waals surface area contributed by atoms with Gasteiger partial charge in [-0.1, -0.05) is 0 Å². The Morgan fingerprint density at radius 2 is 1.59 bits per heavy atom. The number of nitrogens with zero attached hydrogens (tertiary/aromatic N) is 4. The number of Topliss-reactive ketones (excluding diaryl/α,β-unsaturated/α-hetero) is 1. The van der Waals surface area contributed by atoms with E-state index in [9.17, 15) is 9.59 Å². The van der Waals surface area contributed by atoms with Crippen LogP contribution >= 0.6 is 0 Å². The Morgan fingerprint density at radius 1 is 0.906 bits per heavy atom. The van der Waals surface area contributed by atoms with E-state index in [1.165, 1.54) is 19.4 Å². The highest BCUT2D eigenvalue weighted by atomic mass is 16.5. The molecular weight excluding hydrogens is 404 g/mol. The van der Waals surface area contributed by atoms with Crippen LogP contribution in [0.15, 0.2) is 24.3 Å². The van der Waals surface area contributed by atoms with Crippen LogP contribution in [0.1, 0.15) is 49.4 Å². The Labute approximate surface area is 192 Å². The molecule has 3 aliphatic heterocycles. The maximum absolute atomic E-state index is 12.7. The van der Waals surface area contributed by atoms with E-state index in [4.69, 9.17) is 4.74 Å². The molecule has 0 aliphatic carbocycles. The van der Waals surface area contributed by atoms with Crippen molar-refractivity contribution in [1.82, 2.24) is 19.6 Å². The van der Waals surface area contributed by atoms with Crippen molar-refractivity contribution >= 4 is 11.8 Å². The third kappa shape index (κ3) is 6.01. The average Bonchev–Trinajstić information content (AvgIpc) is 3.49. The number of rotatable bonds is 8. The van der Waals surface area contributed by atoms with Crippen molar-refractivity contribution in [2.24, 2.45) is 0 Å². The van der Waals surface area contributed by atoms with E-state index in [-0.39, 0.29) is 11.8 Å². The predicted octanol–water partition coefficient (Wildman–Crippen LogP) is 2.96. The van der Waals surface area contributed by atoms with E-state index in [2.05, 4.69) is 16.7 Å². The van der Waals surface area contributed by atoms with Crippen molar-refractivity contribution in [3.63, 3.8) is 0 Å². The van der Waals surface area contributed by atoms with Crippen LogP contribution in [0.3, 0.4) is 0 Å². The number of carbonyl (C=O) groups is 2. The lowest BCUT2D eigenvalue weighted by atomic mass is 10.1. The summed E-state index contributed by atoms with van der Waals surface area (Å²) in [4.78, 5) is 33.8. The monoisotopic (exact) mass is 442 g/mol. The van der Waals surface area contributed by atoms with Crippen LogP contribution < -0.4 is 4.74 Å². The molecule has 4 rings (SSSR count). The molecule has 0 N–H and O–H groups in total. The molecule has 176 valence electrons. The van der Waals surface area contributed by atoms with Gasteiger partial charge in [0.2, 0.25) is 0 Å². The summed E-state index contributed by atoms with van der Waals surface area (Å²) in [5, 5.41) is 0. The quantitative estimate of drug-likeness (QED) is 0.458. The molecule has 32 heavy (non-hydrogen) atoms. The van der Waals surface area contributed by atoms with Gasteiger partial charge in [0.1, 0.15) is 5.75 Å². The van der Waals surface area contributed by atoms with Gasteiger partial charge in [-0.05, 0) is 69.8 Å². The molecule has 0 aromatic heterocycles. The van der Waals surface area contributed by atoms with Crippen LogP contribution in [0.5, 0.6) is 5.75 Å². The number of likely N-dealkylation sites (tertiary alicyclic amines) is 2. The molecule has 3 fully saturated rings. The lowest BCUT2D eigenvalue weighted by Gasteiger charge is -2.36. The first-order valence-electron chi connectivity index (χ1n) is 12.4. The third-order valence-corrected chi connectivity index (χ3v) is 7.11. The predicted molar refractivity (Wildman–Crippen MR) is 125 cm³/mol. The van der Waals surface area contributed by atoms with Crippen molar-refractivity contribution in [1.29, 1.82) is 0 Å². The van der Waals surface area contributed by atoms with E-state index >= 15 is 0 Å². The first-order valence-corrected chi connectivity index (χ1v) is 12.4.